The molecule has 4 heteroatoms. The van der Waals surface area contributed by atoms with Crippen molar-refractivity contribution in [3.8, 4) is 0 Å². The molecule has 0 aliphatic rings. The smallest absolute Gasteiger partial charge is 0.0457 e. The van der Waals surface area contributed by atoms with E-state index < -0.39 is 0 Å². The average molecular weight is 773 g/mol. The van der Waals surface area contributed by atoms with Crippen molar-refractivity contribution in [3.05, 3.63) is 153 Å². The first-order valence-electron chi connectivity index (χ1n) is 20.6. The largest absolute Gasteiger partial charge is 0.265 e. The summed E-state index contributed by atoms with van der Waals surface area (Å²) in [7, 11) is 0. The maximum absolute atomic E-state index is 4.35. The minimum atomic E-state index is 0.182. The zero-order valence-corrected chi connectivity index (χ0v) is 40.4. The molecule has 4 nitrogen and oxygen atoms in total. The number of aromatic nitrogens is 4. The van der Waals surface area contributed by atoms with Gasteiger partial charge in [0.2, 0.25) is 0 Å². The molecule has 0 saturated heterocycles. The van der Waals surface area contributed by atoms with Crippen molar-refractivity contribution in [2.45, 2.75) is 179 Å². The Morgan fingerprint density at radius 2 is 0.860 bits per heavy atom. The van der Waals surface area contributed by atoms with Gasteiger partial charge in [-0.1, -0.05) is 122 Å². The minimum Gasteiger partial charge on any atom is -0.265 e. The van der Waals surface area contributed by atoms with Crippen LogP contribution < -0.4 is 0 Å². The van der Waals surface area contributed by atoms with Gasteiger partial charge >= 0.3 is 0 Å². The number of hydrogen-bond donors (Lipinski definition) is 0. The summed E-state index contributed by atoms with van der Waals surface area (Å²) in [6, 6.07) is 16.4. The molecule has 0 fully saturated rings. The van der Waals surface area contributed by atoms with E-state index in [1.807, 2.05) is 56.1 Å². The van der Waals surface area contributed by atoms with E-state index in [1.54, 1.807) is 6.20 Å². The topological polar surface area (TPSA) is 51.6 Å². The van der Waals surface area contributed by atoms with Gasteiger partial charge in [-0.25, -0.2) is 0 Å². The van der Waals surface area contributed by atoms with Crippen molar-refractivity contribution in [2.75, 3.05) is 0 Å². The van der Waals surface area contributed by atoms with E-state index in [9.17, 15) is 0 Å². The molecule has 57 heavy (non-hydrogen) atoms. The Balaban J connectivity index is 0.000000360. The first kappa shape index (κ1) is 50.8. The van der Waals surface area contributed by atoms with E-state index in [0.717, 1.165) is 11.4 Å². The van der Waals surface area contributed by atoms with Gasteiger partial charge in [-0.05, 0) is 156 Å². The predicted molar refractivity (Wildman–Crippen MR) is 250 cm³/mol. The van der Waals surface area contributed by atoms with Crippen LogP contribution in [0.15, 0.2) is 85.7 Å². The molecule has 0 amide bonds. The Bertz CT molecular complexity index is 1780. The highest BCUT2D eigenvalue weighted by Crippen LogP contribution is 2.34. The number of nitrogens with zero attached hydrogens (tertiary/aromatic N) is 4. The van der Waals surface area contributed by atoms with E-state index in [-0.39, 0.29) is 27.1 Å². The van der Waals surface area contributed by atoms with E-state index in [1.165, 1.54) is 55.6 Å². The van der Waals surface area contributed by atoms with Crippen LogP contribution in [0.1, 0.15) is 171 Å². The summed E-state index contributed by atoms with van der Waals surface area (Å²) >= 11 is 0. The fourth-order valence-corrected chi connectivity index (χ4v) is 6.14. The summed E-state index contributed by atoms with van der Waals surface area (Å²) in [5.41, 5.74) is 17.5. The maximum Gasteiger partial charge on any atom is 0.0457 e. The van der Waals surface area contributed by atoms with Crippen molar-refractivity contribution in [3.63, 3.8) is 0 Å². The second-order valence-corrected chi connectivity index (χ2v) is 20.6. The lowest BCUT2D eigenvalue weighted by molar-refractivity contribution is 0.569. The number of hydrogen-bond acceptors (Lipinski definition) is 4. The predicted octanol–water partition coefficient (Wildman–Crippen LogP) is 14.7. The standard InChI is InChI=1S/C15H24.C11H17N.3C9H13N/c1-9-10(2)12(4)14(15(6,7)8)13(5)11(9)3;1-8-6-10(11(3,4)5)7-12-9(8)2;1-9(2,3)8-4-6-10-7-5-8;1-9(2,3)8-5-4-6-10-7-8;1-9(2,3)8-6-4-5-7-10-8/h1-8H3;6-7H,1-5H3;3*4-7H,1-3H3. The van der Waals surface area contributed by atoms with Crippen LogP contribution in [0.5, 0.6) is 0 Å². The minimum absolute atomic E-state index is 0.182. The Hall–Kier alpha value is -4.18. The molecule has 4 aromatic heterocycles. The number of aryl methyl sites for hydroxylation is 2. The van der Waals surface area contributed by atoms with Gasteiger partial charge in [-0.15, -0.1) is 0 Å². The van der Waals surface area contributed by atoms with Crippen LogP contribution in [0.25, 0.3) is 0 Å². The van der Waals surface area contributed by atoms with Crippen LogP contribution in [0.4, 0.5) is 0 Å². The van der Waals surface area contributed by atoms with Gasteiger partial charge in [-0.2, -0.15) is 0 Å². The van der Waals surface area contributed by atoms with E-state index in [2.05, 4.69) is 196 Å². The van der Waals surface area contributed by atoms with Crippen LogP contribution in [0, 0.1) is 48.5 Å². The second-order valence-electron chi connectivity index (χ2n) is 20.6. The number of benzene rings is 1. The van der Waals surface area contributed by atoms with Crippen molar-refractivity contribution in [2.24, 2.45) is 0 Å². The Kier molecular flexibility index (Phi) is 18.7. The zero-order valence-electron chi connectivity index (χ0n) is 40.4. The van der Waals surface area contributed by atoms with Crippen LogP contribution in [-0.2, 0) is 27.1 Å². The van der Waals surface area contributed by atoms with E-state index in [0.29, 0.717) is 0 Å². The van der Waals surface area contributed by atoms with Gasteiger partial charge in [-0.3, -0.25) is 19.9 Å². The molecule has 0 bridgehead atoms. The third-order valence-corrected chi connectivity index (χ3v) is 10.5. The van der Waals surface area contributed by atoms with Gasteiger partial charge in [0.1, 0.15) is 0 Å². The van der Waals surface area contributed by atoms with Gasteiger partial charge in [0.25, 0.3) is 0 Å². The fourth-order valence-electron chi connectivity index (χ4n) is 6.14. The summed E-state index contributed by atoms with van der Waals surface area (Å²) in [6.45, 7) is 48.5. The molecule has 0 unspecified atom stereocenters. The second kappa shape index (κ2) is 21.0. The fraction of sp³-hybridized carbons (Fsp3) is 0.509. The molecule has 0 N–H and O–H groups in total. The van der Waals surface area contributed by atoms with Crippen molar-refractivity contribution < 1.29 is 0 Å². The molecule has 0 atom stereocenters. The Morgan fingerprint density at radius 3 is 1.18 bits per heavy atom. The lowest BCUT2D eigenvalue weighted by atomic mass is 9.77. The van der Waals surface area contributed by atoms with Crippen LogP contribution >= 0.6 is 0 Å². The number of rotatable bonds is 0. The molecule has 0 aliphatic carbocycles. The Labute approximate surface area is 350 Å². The Morgan fingerprint density at radius 1 is 0.368 bits per heavy atom. The zero-order chi connectivity index (χ0) is 44.2. The molecule has 4 heterocycles. The van der Waals surface area contributed by atoms with Crippen molar-refractivity contribution >= 4 is 0 Å². The van der Waals surface area contributed by atoms with Crippen molar-refractivity contribution in [1.82, 2.24) is 19.9 Å². The first-order chi connectivity index (χ1) is 25.9. The molecule has 312 valence electrons. The molecule has 5 rings (SSSR count). The van der Waals surface area contributed by atoms with E-state index >= 15 is 0 Å². The van der Waals surface area contributed by atoms with Crippen LogP contribution in [-0.4, -0.2) is 19.9 Å². The van der Waals surface area contributed by atoms with Gasteiger partial charge in [0, 0.05) is 54.0 Å². The highest BCUT2D eigenvalue weighted by molar-refractivity contribution is 5.51. The molecular formula is C53H80N4. The molecule has 5 aromatic rings. The molecule has 0 radical (unpaired) electrons. The van der Waals surface area contributed by atoms with Gasteiger partial charge in [0.05, 0.1) is 0 Å². The normalized spacial score (nSPS) is 11.7. The summed E-state index contributed by atoms with van der Waals surface area (Å²) in [6.07, 6.45) is 11.2. The number of pyridine rings is 4. The lowest BCUT2D eigenvalue weighted by Crippen LogP contribution is -2.17. The van der Waals surface area contributed by atoms with E-state index in [4.69, 9.17) is 0 Å². The van der Waals surface area contributed by atoms with Gasteiger partial charge in [0.15, 0.2) is 0 Å². The highest BCUT2D eigenvalue weighted by Gasteiger charge is 2.22. The summed E-state index contributed by atoms with van der Waals surface area (Å²) < 4.78 is 0. The quantitative estimate of drug-likeness (QED) is 0.157. The van der Waals surface area contributed by atoms with Crippen LogP contribution in [0.3, 0.4) is 0 Å². The van der Waals surface area contributed by atoms with Crippen molar-refractivity contribution in [1.29, 1.82) is 0 Å². The van der Waals surface area contributed by atoms with Crippen LogP contribution in [0.2, 0.25) is 0 Å². The molecule has 1 aromatic carbocycles. The molecule has 0 spiro atoms. The van der Waals surface area contributed by atoms with Gasteiger partial charge < -0.3 is 0 Å². The lowest BCUT2D eigenvalue weighted by Gasteiger charge is -2.28. The molecular weight excluding hydrogens is 693 g/mol. The first-order valence-corrected chi connectivity index (χ1v) is 20.6. The highest BCUT2D eigenvalue weighted by atomic mass is 14.7. The summed E-state index contributed by atoms with van der Waals surface area (Å²) in [5.74, 6) is 0. The summed E-state index contributed by atoms with van der Waals surface area (Å²) in [4.78, 5) is 16.6. The SMILES string of the molecule is CC(C)(C)c1ccccn1.CC(C)(C)c1cccnc1.CC(C)(C)c1ccncc1.Cc1c(C)c(C)c(C(C)(C)C)c(C)c1C.Cc1cc(C(C)(C)C)cnc1C. The average Bonchev–Trinajstić information content (AvgIpc) is 3.11. The molecule has 0 aliphatic heterocycles. The third kappa shape index (κ3) is 17.1. The summed E-state index contributed by atoms with van der Waals surface area (Å²) in [5, 5.41) is 0. The maximum atomic E-state index is 4.35. The monoisotopic (exact) mass is 773 g/mol. The molecule has 0 saturated carbocycles. The third-order valence-electron chi connectivity index (χ3n) is 10.5.